The third-order valence-corrected chi connectivity index (χ3v) is 8.34. The molecular weight excluding hydrogens is 620 g/mol. The predicted molar refractivity (Wildman–Crippen MR) is 171 cm³/mol. The number of aliphatic hydroxyl groups is 1. The Labute approximate surface area is 277 Å². The van der Waals surface area contributed by atoms with Gasteiger partial charge in [-0.25, -0.2) is 9.59 Å². The zero-order valence-electron chi connectivity index (χ0n) is 26.8. The molecule has 48 heavy (non-hydrogen) atoms. The minimum Gasteiger partial charge on any atom is -0.458 e. The molecule has 2 aliphatic heterocycles. The first-order chi connectivity index (χ1) is 23.1. The molecule has 2 fully saturated rings. The lowest BCUT2D eigenvalue weighted by Gasteiger charge is -2.46. The monoisotopic (exact) mass is 658 g/mol. The van der Waals surface area contributed by atoms with Gasteiger partial charge in [-0.3, -0.25) is 0 Å². The Kier molecular flexibility index (Phi) is 9.97. The number of nitrogens with one attached hydrogen (secondary N) is 1. The zero-order valence-corrected chi connectivity index (χ0v) is 26.8. The third-order valence-electron chi connectivity index (χ3n) is 8.34. The first-order valence-electron chi connectivity index (χ1n) is 15.8. The van der Waals surface area contributed by atoms with Crippen molar-refractivity contribution in [2.24, 2.45) is 5.11 Å². The van der Waals surface area contributed by atoms with Crippen molar-refractivity contribution in [1.29, 1.82) is 0 Å². The minimum absolute atomic E-state index is 0.0334. The van der Waals surface area contributed by atoms with Gasteiger partial charge in [0, 0.05) is 16.4 Å². The predicted octanol–water partition coefficient (Wildman–Crippen LogP) is 5.13. The molecule has 0 aromatic heterocycles. The van der Waals surface area contributed by atoms with Crippen molar-refractivity contribution in [3.8, 4) is 11.1 Å². The fourth-order valence-corrected chi connectivity index (χ4v) is 6.19. The molecule has 2 N–H and O–H groups in total. The number of rotatable bonds is 9. The van der Waals surface area contributed by atoms with E-state index in [1.54, 1.807) is 20.8 Å². The molecule has 252 valence electrons. The summed E-state index contributed by atoms with van der Waals surface area (Å²) in [5.74, 6) is -0.962. The fourth-order valence-electron chi connectivity index (χ4n) is 6.19. The van der Waals surface area contributed by atoms with Crippen LogP contribution in [0.4, 0.5) is 4.79 Å². The second kappa shape index (κ2) is 14.3. The zero-order chi connectivity index (χ0) is 33.8. The molecule has 3 aromatic rings. The Morgan fingerprint density at radius 1 is 1.00 bits per heavy atom. The number of carbonyl (C=O) groups excluding carboxylic acids is 2. The molecule has 1 unspecified atom stereocenters. The second-order valence-corrected chi connectivity index (χ2v) is 12.8. The molecule has 13 nitrogen and oxygen atoms in total. The van der Waals surface area contributed by atoms with Crippen molar-refractivity contribution in [1.82, 2.24) is 5.32 Å². The first kappa shape index (κ1) is 33.4. The van der Waals surface area contributed by atoms with Gasteiger partial charge in [0.1, 0.15) is 30.5 Å². The number of nitrogens with zero attached hydrogens (tertiary/aromatic N) is 3. The van der Waals surface area contributed by atoms with Gasteiger partial charge in [0.25, 0.3) is 0 Å². The summed E-state index contributed by atoms with van der Waals surface area (Å²) >= 11 is 0. The van der Waals surface area contributed by atoms with Crippen LogP contribution >= 0.6 is 0 Å². The lowest BCUT2D eigenvalue weighted by atomic mass is 9.96. The van der Waals surface area contributed by atoms with Crippen molar-refractivity contribution in [2.45, 2.75) is 75.3 Å². The molecule has 0 spiro atoms. The lowest BCUT2D eigenvalue weighted by Crippen LogP contribution is -2.62. The van der Waals surface area contributed by atoms with Crippen LogP contribution in [0.15, 0.2) is 84.0 Å². The summed E-state index contributed by atoms with van der Waals surface area (Å²) in [6.07, 6.45) is -5.90. The van der Waals surface area contributed by atoms with Gasteiger partial charge in [-0.1, -0.05) is 84.0 Å². The number of carbonyl (C=O) groups is 2. The van der Waals surface area contributed by atoms with E-state index in [0.29, 0.717) is 0 Å². The normalized spacial score (nSPS) is 25.4. The van der Waals surface area contributed by atoms with Gasteiger partial charge < -0.3 is 38.8 Å². The number of esters is 1. The van der Waals surface area contributed by atoms with Gasteiger partial charge in [-0.05, 0) is 48.6 Å². The molecule has 0 saturated carbocycles. The van der Waals surface area contributed by atoms with E-state index in [4.69, 9.17) is 28.4 Å². The van der Waals surface area contributed by atoms with E-state index in [2.05, 4.69) is 15.3 Å². The van der Waals surface area contributed by atoms with E-state index in [9.17, 15) is 20.2 Å². The molecule has 7 atom stereocenters. The molecule has 0 radical (unpaired) electrons. The van der Waals surface area contributed by atoms with E-state index in [-0.39, 0.29) is 19.1 Å². The van der Waals surface area contributed by atoms with Crippen molar-refractivity contribution in [3.63, 3.8) is 0 Å². The summed E-state index contributed by atoms with van der Waals surface area (Å²) in [5, 5.41) is 17.5. The van der Waals surface area contributed by atoms with Crippen LogP contribution in [0.3, 0.4) is 0 Å². The lowest BCUT2D eigenvalue weighted by molar-refractivity contribution is -0.342. The summed E-state index contributed by atoms with van der Waals surface area (Å²) in [5.41, 5.74) is 13.4. The van der Waals surface area contributed by atoms with Crippen LogP contribution in [0.2, 0.25) is 0 Å². The molecular formula is C35H38N4O9. The van der Waals surface area contributed by atoms with Crippen molar-refractivity contribution < 1.29 is 43.1 Å². The molecule has 6 rings (SSSR count). The Bertz CT molecular complexity index is 1610. The quantitative estimate of drug-likeness (QED) is 0.137. The van der Waals surface area contributed by atoms with Crippen LogP contribution in [-0.4, -0.2) is 79.3 Å². The number of hydrogen-bond donors (Lipinski definition) is 2. The number of alkyl carbamates (subject to hydrolysis) is 1. The van der Waals surface area contributed by atoms with E-state index in [1.807, 2.05) is 78.9 Å². The Morgan fingerprint density at radius 2 is 1.65 bits per heavy atom. The van der Waals surface area contributed by atoms with Crippen LogP contribution in [-0.2, 0) is 33.2 Å². The minimum atomic E-state index is -1.33. The molecule has 1 aliphatic carbocycles. The number of aliphatic hydroxyl groups excluding tert-OH is 1. The van der Waals surface area contributed by atoms with Crippen LogP contribution < -0.4 is 5.32 Å². The highest BCUT2D eigenvalue weighted by molar-refractivity contribution is 5.82. The largest absolute Gasteiger partial charge is 0.458 e. The van der Waals surface area contributed by atoms with E-state index < -0.39 is 67.2 Å². The third kappa shape index (κ3) is 7.31. The number of fused-ring (bicyclic) bond motifs is 4. The van der Waals surface area contributed by atoms with Crippen molar-refractivity contribution in [3.05, 3.63) is 106 Å². The summed E-state index contributed by atoms with van der Waals surface area (Å²) in [7, 11) is 0. The van der Waals surface area contributed by atoms with Crippen LogP contribution in [0.1, 0.15) is 49.7 Å². The van der Waals surface area contributed by atoms with Gasteiger partial charge >= 0.3 is 12.1 Å². The number of amides is 1. The molecule has 2 heterocycles. The van der Waals surface area contributed by atoms with Crippen LogP contribution in [0.5, 0.6) is 0 Å². The summed E-state index contributed by atoms with van der Waals surface area (Å²) in [4.78, 5) is 29.2. The standard InChI is InChI=1S/C35H38N4O9/c1-35(2,3)48-31(41)26(37-34(42)45-17-25-23-15-9-7-13-21(23)22-14-8-10-16-24(22)25)18-43-33-28(38-39-36)29(40)30-27(46-33)19-44-32(47-30)20-11-5-4-6-12-20/h4-16,25-30,32-33,40H,17-19H2,1-3H3,(H,37,42)/t26-,27+,28+,29+,30-,32?,33-/m0/s1. The van der Waals surface area contributed by atoms with E-state index in [1.165, 1.54) is 0 Å². The Hall–Kier alpha value is -4.49. The fraction of sp³-hybridized carbons (Fsp3) is 0.429. The van der Waals surface area contributed by atoms with Gasteiger partial charge in [-0.2, -0.15) is 0 Å². The van der Waals surface area contributed by atoms with E-state index >= 15 is 0 Å². The Balaban J connectivity index is 1.12. The average Bonchev–Trinajstić information content (AvgIpc) is 3.40. The molecule has 13 heteroatoms. The highest BCUT2D eigenvalue weighted by Gasteiger charge is 2.50. The van der Waals surface area contributed by atoms with E-state index in [0.717, 1.165) is 27.8 Å². The van der Waals surface area contributed by atoms with Crippen LogP contribution in [0.25, 0.3) is 21.6 Å². The molecule has 3 aromatic carbocycles. The number of benzene rings is 3. The molecule has 3 aliphatic rings. The van der Waals surface area contributed by atoms with Gasteiger partial charge in [0.15, 0.2) is 18.6 Å². The number of azide groups is 1. The van der Waals surface area contributed by atoms with Gasteiger partial charge in [-0.15, -0.1) is 0 Å². The smallest absolute Gasteiger partial charge is 0.407 e. The second-order valence-electron chi connectivity index (χ2n) is 12.8. The highest BCUT2D eigenvalue weighted by Crippen LogP contribution is 2.44. The highest BCUT2D eigenvalue weighted by atomic mass is 16.7. The Morgan fingerprint density at radius 3 is 2.29 bits per heavy atom. The van der Waals surface area contributed by atoms with Gasteiger partial charge in [0.05, 0.1) is 19.3 Å². The topological polar surface area (TPSA) is 171 Å². The van der Waals surface area contributed by atoms with Crippen molar-refractivity contribution in [2.75, 3.05) is 19.8 Å². The maximum atomic E-state index is 13.2. The number of ether oxygens (including phenoxy) is 6. The summed E-state index contributed by atoms with van der Waals surface area (Å²) in [6, 6.07) is 22.5. The number of hydrogen-bond acceptors (Lipinski definition) is 10. The SMILES string of the molecule is CC(C)(C)OC(=O)[C@H](CO[C@H]1O[C@@H]2COC(c3ccccc3)O[C@@H]2[C@H](O)[C@H]1N=[N+]=[N-])NC(=O)OCC1c2ccccc2-c2ccccc21. The average molecular weight is 659 g/mol. The van der Waals surface area contributed by atoms with Crippen LogP contribution in [0, 0.1) is 0 Å². The summed E-state index contributed by atoms with van der Waals surface area (Å²) in [6.45, 7) is 4.73. The maximum Gasteiger partial charge on any atom is 0.407 e. The molecule has 0 bridgehead atoms. The van der Waals surface area contributed by atoms with Crippen molar-refractivity contribution >= 4 is 12.1 Å². The first-order valence-corrected chi connectivity index (χ1v) is 15.8. The maximum absolute atomic E-state index is 13.2. The molecule has 1 amide bonds. The molecule has 2 saturated heterocycles. The van der Waals surface area contributed by atoms with Gasteiger partial charge in [0.2, 0.25) is 0 Å². The summed E-state index contributed by atoms with van der Waals surface area (Å²) < 4.78 is 35.0.